The van der Waals surface area contributed by atoms with E-state index in [1.54, 1.807) is 36.4 Å². The highest BCUT2D eigenvalue weighted by molar-refractivity contribution is 8.02. The van der Waals surface area contributed by atoms with Gasteiger partial charge in [0, 0.05) is 12.3 Å². The van der Waals surface area contributed by atoms with Crippen molar-refractivity contribution in [3.63, 3.8) is 0 Å². The van der Waals surface area contributed by atoms with Gasteiger partial charge in [-0.25, -0.2) is 8.42 Å². The predicted octanol–water partition coefficient (Wildman–Crippen LogP) is 4.29. The average Bonchev–Trinajstić information content (AvgIpc) is 3.36. The third-order valence-corrected chi connectivity index (χ3v) is 8.29. The second-order valence-corrected chi connectivity index (χ2v) is 11.5. The summed E-state index contributed by atoms with van der Waals surface area (Å²) in [5, 5.41) is 1.89. The maximum Gasteiger partial charge on any atom is 0.319 e. The summed E-state index contributed by atoms with van der Waals surface area (Å²) in [5.41, 5.74) is -0.0904. The van der Waals surface area contributed by atoms with Crippen molar-refractivity contribution in [2.45, 2.75) is 44.2 Å². The Labute approximate surface area is 181 Å². The van der Waals surface area contributed by atoms with Crippen molar-refractivity contribution in [3.05, 3.63) is 65.0 Å². The Morgan fingerprint density at radius 3 is 2.53 bits per heavy atom. The van der Waals surface area contributed by atoms with Crippen LogP contribution in [0.2, 0.25) is 0 Å². The number of esters is 1. The van der Waals surface area contributed by atoms with E-state index < -0.39 is 33.1 Å². The number of hydrogen-bond donors (Lipinski definition) is 0. The molecule has 0 aliphatic carbocycles. The minimum absolute atomic E-state index is 0.119. The molecule has 2 aromatic rings. The topological polar surface area (TPSA) is 76.8 Å². The number of fused-ring (bicyclic) bond motifs is 1. The van der Waals surface area contributed by atoms with Crippen LogP contribution in [0.1, 0.15) is 38.1 Å². The number of carbonyl (C=O) groups excluding carboxylic acids is 1. The zero-order chi connectivity index (χ0) is 21.7. The Balaban J connectivity index is 1.85. The SMILES string of the molecule is Cc1ccc(S(=O)(=O)N2CC3=CSC[C@]3(C(=O)OC(C)(C)C)[C@@H]2c2ccco2)cc1. The molecule has 1 fully saturated rings. The summed E-state index contributed by atoms with van der Waals surface area (Å²) >= 11 is 1.50. The highest BCUT2D eigenvalue weighted by Crippen LogP contribution is 2.58. The molecule has 1 saturated heterocycles. The molecule has 0 N–H and O–H groups in total. The number of thioether (sulfide) groups is 1. The standard InChI is InChI=1S/C22H25NO5S2/c1-15-7-9-17(10-8-15)30(25,26)23-12-16-13-29-14-22(16,20(24)28-21(2,3)4)19(23)18-6-5-11-27-18/h5-11,13,19H,12,14H2,1-4H3/t19-,22+/m0/s1. The predicted molar refractivity (Wildman–Crippen MR) is 115 cm³/mol. The monoisotopic (exact) mass is 447 g/mol. The van der Waals surface area contributed by atoms with E-state index in [1.165, 1.54) is 22.3 Å². The van der Waals surface area contributed by atoms with Crippen LogP contribution >= 0.6 is 11.8 Å². The third kappa shape index (κ3) is 3.40. The van der Waals surface area contributed by atoms with Crippen molar-refractivity contribution in [2.75, 3.05) is 12.3 Å². The summed E-state index contributed by atoms with van der Waals surface area (Å²) in [5.74, 6) is 0.416. The molecule has 0 spiro atoms. The first-order chi connectivity index (χ1) is 14.1. The van der Waals surface area contributed by atoms with E-state index in [9.17, 15) is 13.2 Å². The highest BCUT2D eigenvalue weighted by Gasteiger charge is 2.63. The summed E-state index contributed by atoms with van der Waals surface area (Å²) in [7, 11) is -3.87. The van der Waals surface area contributed by atoms with Gasteiger partial charge in [0.05, 0.1) is 11.2 Å². The Hall–Kier alpha value is -2.03. The number of rotatable bonds is 4. The fourth-order valence-electron chi connectivity index (χ4n) is 3.98. The molecule has 6 nitrogen and oxygen atoms in total. The van der Waals surface area contributed by atoms with Crippen molar-refractivity contribution in [1.82, 2.24) is 4.31 Å². The summed E-state index contributed by atoms with van der Waals surface area (Å²) in [6, 6.07) is 9.35. The first-order valence-corrected chi connectivity index (χ1v) is 12.2. The third-order valence-electron chi connectivity index (χ3n) is 5.39. The van der Waals surface area contributed by atoms with Crippen LogP contribution in [0.25, 0.3) is 0 Å². The minimum atomic E-state index is -3.87. The van der Waals surface area contributed by atoms with Crippen molar-refractivity contribution in [1.29, 1.82) is 0 Å². The van der Waals surface area contributed by atoms with Crippen LogP contribution in [0.4, 0.5) is 0 Å². The molecule has 160 valence electrons. The molecule has 0 amide bonds. The Morgan fingerprint density at radius 2 is 1.93 bits per heavy atom. The molecule has 2 atom stereocenters. The highest BCUT2D eigenvalue weighted by atomic mass is 32.2. The minimum Gasteiger partial charge on any atom is -0.468 e. The molecular weight excluding hydrogens is 422 g/mol. The maximum absolute atomic E-state index is 13.6. The second-order valence-electron chi connectivity index (χ2n) is 8.71. The van der Waals surface area contributed by atoms with Gasteiger partial charge < -0.3 is 9.15 Å². The van der Waals surface area contributed by atoms with Crippen LogP contribution in [0.3, 0.4) is 0 Å². The van der Waals surface area contributed by atoms with E-state index in [4.69, 9.17) is 9.15 Å². The number of ether oxygens (including phenoxy) is 1. The van der Waals surface area contributed by atoms with E-state index in [0.29, 0.717) is 11.5 Å². The largest absolute Gasteiger partial charge is 0.468 e. The van der Waals surface area contributed by atoms with E-state index in [1.807, 2.05) is 33.1 Å². The number of hydrogen-bond acceptors (Lipinski definition) is 6. The quantitative estimate of drug-likeness (QED) is 0.651. The first kappa shape index (κ1) is 21.2. The number of aryl methyl sites for hydroxylation is 1. The van der Waals surface area contributed by atoms with Gasteiger partial charge in [-0.1, -0.05) is 17.7 Å². The van der Waals surface area contributed by atoms with Gasteiger partial charge in [-0.05, 0) is 62.9 Å². The van der Waals surface area contributed by atoms with Crippen LogP contribution in [0.5, 0.6) is 0 Å². The van der Waals surface area contributed by atoms with Crippen LogP contribution < -0.4 is 0 Å². The summed E-state index contributed by atoms with van der Waals surface area (Å²) in [6.45, 7) is 7.45. The van der Waals surface area contributed by atoms with Crippen molar-refractivity contribution >= 4 is 27.8 Å². The van der Waals surface area contributed by atoms with E-state index in [-0.39, 0.29) is 11.4 Å². The lowest BCUT2D eigenvalue weighted by Gasteiger charge is -2.35. The Bertz CT molecular complexity index is 1080. The molecule has 0 unspecified atom stereocenters. The van der Waals surface area contributed by atoms with E-state index in [0.717, 1.165) is 11.1 Å². The zero-order valence-electron chi connectivity index (χ0n) is 17.4. The second kappa shape index (κ2) is 7.28. The lowest BCUT2D eigenvalue weighted by Crippen LogP contribution is -2.44. The van der Waals surface area contributed by atoms with Gasteiger partial charge in [0.25, 0.3) is 0 Å². The molecule has 2 aliphatic heterocycles. The molecule has 4 rings (SSSR count). The number of sulfonamides is 1. The summed E-state index contributed by atoms with van der Waals surface area (Å²) in [4.78, 5) is 13.7. The number of carbonyl (C=O) groups is 1. The van der Waals surface area contributed by atoms with E-state index in [2.05, 4.69) is 0 Å². The van der Waals surface area contributed by atoms with Crippen molar-refractivity contribution < 1.29 is 22.4 Å². The van der Waals surface area contributed by atoms with Crippen LogP contribution in [0, 0.1) is 12.3 Å². The molecule has 30 heavy (non-hydrogen) atoms. The maximum atomic E-state index is 13.6. The average molecular weight is 448 g/mol. The van der Waals surface area contributed by atoms with Gasteiger partial charge in [0.2, 0.25) is 10.0 Å². The Kier molecular flexibility index (Phi) is 5.15. The summed E-state index contributed by atoms with van der Waals surface area (Å²) in [6.07, 6.45) is 1.50. The van der Waals surface area contributed by atoms with Crippen LogP contribution in [-0.4, -0.2) is 36.6 Å². The molecule has 0 radical (unpaired) electrons. The molecule has 0 saturated carbocycles. The van der Waals surface area contributed by atoms with Gasteiger partial charge in [-0.15, -0.1) is 11.8 Å². The van der Waals surface area contributed by atoms with Gasteiger partial charge in [0.1, 0.15) is 22.8 Å². The van der Waals surface area contributed by atoms with Crippen LogP contribution in [-0.2, 0) is 19.6 Å². The lowest BCUT2D eigenvalue weighted by atomic mass is 9.78. The smallest absolute Gasteiger partial charge is 0.319 e. The lowest BCUT2D eigenvalue weighted by molar-refractivity contribution is -0.165. The van der Waals surface area contributed by atoms with Crippen LogP contribution in [0.15, 0.2) is 63.0 Å². The van der Waals surface area contributed by atoms with Gasteiger partial charge >= 0.3 is 5.97 Å². The molecular formula is C22H25NO5S2. The van der Waals surface area contributed by atoms with E-state index >= 15 is 0 Å². The first-order valence-electron chi connectivity index (χ1n) is 9.72. The van der Waals surface area contributed by atoms with Gasteiger partial charge in [-0.2, -0.15) is 4.31 Å². The molecule has 8 heteroatoms. The molecule has 1 aromatic carbocycles. The number of furan rings is 1. The number of nitrogens with zero attached hydrogens (tertiary/aromatic N) is 1. The fourth-order valence-corrected chi connectivity index (χ4v) is 6.90. The molecule has 3 heterocycles. The fraction of sp³-hybridized carbons (Fsp3) is 0.409. The summed E-state index contributed by atoms with van der Waals surface area (Å²) < 4.78 is 40.1. The van der Waals surface area contributed by atoms with Crippen molar-refractivity contribution in [2.24, 2.45) is 5.41 Å². The van der Waals surface area contributed by atoms with Gasteiger partial charge in [0.15, 0.2) is 0 Å². The van der Waals surface area contributed by atoms with Gasteiger partial charge in [-0.3, -0.25) is 4.79 Å². The molecule has 2 aliphatic rings. The number of benzene rings is 1. The Morgan fingerprint density at radius 1 is 1.23 bits per heavy atom. The van der Waals surface area contributed by atoms with Crippen molar-refractivity contribution in [3.8, 4) is 0 Å². The molecule has 0 bridgehead atoms. The normalized spacial score (nSPS) is 24.5. The zero-order valence-corrected chi connectivity index (χ0v) is 19.0. The molecule has 1 aromatic heterocycles.